The third kappa shape index (κ3) is 2.43. The summed E-state index contributed by atoms with van der Waals surface area (Å²) in [6.45, 7) is 8.01. The first kappa shape index (κ1) is 18.0. The van der Waals surface area contributed by atoms with Crippen LogP contribution < -0.4 is 0 Å². The molecule has 5 heteroatoms. The van der Waals surface area contributed by atoms with E-state index >= 15 is 0 Å². The van der Waals surface area contributed by atoms with Crippen LogP contribution in [-0.2, 0) is 14.0 Å². The van der Waals surface area contributed by atoms with Crippen molar-refractivity contribution in [2.24, 2.45) is 34.5 Å². The fraction of sp³-hybridized carbons (Fsp3) is 1.00. The summed E-state index contributed by atoms with van der Waals surface area (Å²) >= 11 is 0. The molecular weight excluding hydrogens is 327 g/mol. The van der Waals surface area contributed by atoms with Crippen LogP contribution in [0.2, 0.25) is 0 Å². The molecule has 1 saturated heterocycles. The third-order valence-corrected chi connectivity index (χ3v) is 9.49. The van der Waals surface area contributed by atoms with Gasteiger partial charge in [0.1, 0.15) is 0 Å². The van der Waals surface area contributed by atoms with Gasteiger partial charge >= 0.3 is 7.32 Å². The maximum atomic E-state index is 9.78. The molecule has 5 fully saturated rings. The maximum absolute atomic E-state index is 9.78. The van der Waals surface area contributed by atoms with Gasteiger partial charge in [0.25, 0.3) is 0 Å². The fourth-order valence-corrected chi connectivity index (χ4v) is 8.23. The fourth-order valence-electron chi connectivity index (χ4n) is 8.23. The lowest BCUT2D eigenvalue weighted by Crippen LogP contribution is -2.54. The van der Waals surface area contributed by atoms with E-state index in [-0.39, 0.29) is 17.6 Å². The zero-order valence-electron chi connectivity index (χ0n) is 16.7. The summed E-state index contributed by atoms with van der Waals surface area (Å²) in [5.74, 6) is 3.21. The molecule has 5 rings (SSSR count). The van der Waals surface area contributed by atoms with Gasteiger partial charge < -0.3 is 19.1 Å². The van der Waals surface area contributed by atoms with Crippen molar-refractivity contribution in [3.8, 4) is 0 Å². The Labute approximate surface area is 158 Å². The van der Waals surface area contributed by atoms with E-state index in [1.54, 1.807) is 0 Å². The molecule has 0 aromatic rings. The molecule has 1 aliphatic heterocycles. The SMILES string of the molecule is CCO[C@H]1CC[C@@]2(C)[C@@H](CC[C@H]3[C@H]2CC[C@@]2(C)[C@@H]3C[C@@H]3OB(O)O[C@@H]32)C1. The van der Waals surface area contributed by atoms with Crippen LogP contribution >= 0.6 is 0 Å². The number of rotatable bonds is 2. The van der Waals surface area contributed by atoms with Gasteiger partial charge in [-0.2, -0.15) is 0 Å². The third-order valence-electron chi connectivity index (χ3n) is 9.49. The Hall–Kier alpha value is -0.0951. The van der Waals surface area contributed by atoms with Crippen LogP contribution in [0.15, 0.2) is 0 Å². The molecule has 0 spiro atoms. The molecule has 9 atom stereocenters. The lowest BCUT2D eigenvalue weighted by atomic mass is 9.45. The molecule has 0 amide bonds. The lowest BCUT2D eigenvalue weighted by molar-refractivity contribution is -0.138. The molecule has 4 nitrogen and oxygen atoms in total. The molecule has 1 heterocycles. The number of fused-ring (bicyclic) bond motifs is 7. The first-order valence-corrected chi connectivity index (χ1v) is 11.1. The molecule has 0 aromatic carbocycles. The van der Waals surface area contributed by atoms with E-state index < -0.39 is 7.32 Å². The highest BCUT2D eigenvalue weighted by atomic mass is 16.7. The topological polar surface area (TPSA) is 47.9 Å². The van der Waals surface area contributed by atoms with Crippen molar-refractivity contribution in [2.45, 2.75) is 90.4 Å². The van der Waals surface area contributed by atoms with Crippen LogP contribution in [0.5, 0.6) is 0 Å². The van der Waals surface area contributed by atoms with Crippen molar-refractivity contribution in [2.75, 3.05) is 6.61 Å². The van der Waals surface area contributed by atoms with Gasteiger partial charge in [-0.1, -0.05) is 13.8 Å². The summed E-state index contributed by atoms with van der Waals surface area (Å²) in [5, 5.41) is 9.78. The minimum atomic E-state index is -0.998. The first-order chi connectivity index (χ1) is 12.5. The van der Waals surface area contributed by atoms with E-state index in [1.807, 2.05) is 0 Å². The number of ether oxygens (including phenoxy) is 1. The molecule has 0 unspecified atom stereocenters. The molecule has 0 radical (unpaired) electrons. The molecule has 1 N–H and O–H groups in total. The van der Waals surface area contributed by atoms with Crippen LogP contribution in [0.3, 0.4) is 0 Å². The second-order valence-electron chi connectivity index (χ2n) is 10.3. The minimum Gasteiger partial charge on any atom is -0.402 e. The normalized spacial score (nSPS) is 55.8. The van der Waals surface area contributed by atoms with Crippen molar-refractivity contribution in [1.29, 1.82) is 0 Å². The van der Waals surface area contributed by atoms with Crippen LogP contribution in [0.1, 0.15) is 72.1 Å². The lowest BCUT2D eigenvalue weighted by Gasteiger charge is -2.61. The average molecular weight is 362 g/mol. The van der Waals surface area contributed by atoms with E-state index in [4.69, 9.17) is 14.0 Å². The van der Waals surface area contributed by atoms with Gasteiger partial charge in [0.05, 0.1) is 18.3 Å². The number of hydrogen-bond donors (Lipinski definition) is 1. The van der Waals surface area contributed by atoms with Crippen molar-refractivity contribution in [3.63, 3.8) is 0 Å². The zero-order valence-corrected chi connectivity index (χ0v) is 16.7. The molecule has 0 aromatic heterocycles. The highest BCUT2D eigenvalue weighted by Gasteiger charge is 2.65. The van der Waals surface area contributed by atoms with E-state index in [0.717, 1.165) is 30.8 Å². The Bertz CT molecular complexity index is 558. The Morgan fingerprint density at radius 1 is 1.00 bits per heavy atom. The first-order valence-electron chi connectivity index (χ1n) is 11.1. The van der Waals surface area contributed by atoms with Crippen molar-refractivity contribution < 1.29 is 19.1 Å². The van der Waals surface area contributed by atoms with Gasteiger partial charge in [0, 0.05) is 6.61 Å². The van der Waals surface area contributed by atoms with Crippen molar-refractivity contribution >= 4 is 7.32 Å². The second-order valence-corrected chi connectivity index (χ2v) is 10.3. The van der Waals surface area contributed by atoms with Gasteiger partial charge in [0.2, 0.25) is 0 Å². The van der Waals surface area contributed by atoms with Gasteiger partial charge in [-0.25, -0.2) is 0 Å². The van der Waals surface area contributed by atoms with E-state index in [0.29, 0.717) is 17.4 Å². The Morgan fingerprint density at radius 2 is 1.81 bits per heavy atom. The van der Waals surface area contributed by atoms with E-state index in [1.165, 1.54) is 44.9 Å². The van der Waals surface area contributed by atoms with Crippen LogP contribution in [0.4, 0.5) is 0 Å². The van der Waals surface area contributed by atoms with Crippen LogP contribution in [0, 0.1) is 34.5 Å². The predicted octanol–water partition coefficient (Wildman–Crippen LogP) is 3.81. The van der Waals surface area contributed by atoms with Crippen LogP contribution in [-0.4, -0.2) is 37.3 Å². The standard InChI is InChI=1S/C21H35BO4/c1-4-24-14-7-9-20(2)13(11-14)5-6-15-16(20)8-10-21(3)17(15)12-18-19(21)26-22(23)25-18/h13-19,23H,4-12H2,1-3H3/t13-,14-,15-,16+,17+,18-,19-,20-,21-/m0/s1. The highest BCUT2D eigenvalue weighted by molar-refractivity contribution is 6.35. The Morgan fingerprint density at radius 3 is 2.62 bits per heavy atom. The van der Waals surface area contributed by atoms with Gasteiger partial charge in [0.15, 0.2) is 0 Å². The zero-order chi connectivity index (χ0) is 18.1. The summed E-state index contributed by atoms with van der Waals surface area (Å²) in [6.07, 6.45) is 10.9. The molecule has 4 aliphatic carbocycles. The summed E-state index contributed by atoms with van der Waals surface area (Å²) in [4.78, 5) is 0. The van der Waals surface area contributed by atoms with E-state index in [9.17, 15) is 5.02 Å². The molecule has 0 bridgehead atoms. The van der Waals surface area contributed by atoms with E-state index in [2.05, 4.69) is 20.8 Å². The average Bonchev–Trinajstić information content (AvgIpc) is 3.10. The summed E-state index contributed by atoms with van der Waals surface area (Å²) in [7, 11) is -0.998. The second kappa shape index (κ2) is 6.20. The Kier molecular flexibility index (Phi) is 4.29. The van der Waals surface area contributed by atoms with Gasteiger partial charge in [-0.05, 0) is 92.8 Å². The van der Waals surface area contributed by atoms with Crippen molar-refractivity contribution in [1.82, 2.24) is 0 Å². The number of hydrogen-bond acceptors (Lipinski definition) is 4. The quantitative estimate of drug-likeness (QED) is 0.759. The molecule has 5 aliphatic rings. The molecule has 26 heavy (non-hydrogen) atoms. The Balaban J connectivity index is 1.37. The maximum Gasteiger partial charge on any atom is 0.637 e. The minimum absolute atomic E-state index is 0.0997. The van der Waals surface area contributed by atoms with Gasteiger partial charge in [-0.3, -0.25) is 0 Å². The molecule has 146 valence electrons. The van der Waals surface area contributed by atoms with Gasteiger partial charge in [-0.15, -0.1) is 0 Å². The smallest absolute Gasteiger partial charge is 0.402 e. The van der Waals surface area contributed by atoms with Crippen molar-refractivity contribution in [3.05, 3.63) is 0 Å². The molecule has 4 saturated carbocycles. The monoisotopic (exact) mass is 362 g/mol. The van der Waals surface area contributed by atoms with Crippen LogP contribution in [0.25, 0.3) is 0 Å². The summed E-state index contributed by atoms with van der Waals surface area (Å²) < 4.78 is 17.5. The molecular formula is C21H35BO4. The summed E-state index contributed by atoms with van der Waals surface area (Å²) in [5.41, 5.74) is 0.686. The summed E-state index contributed by atoms with van der Waals surface area (Å²) in [6, 6.07) is 0. The predicted molar refractivity (Wildman–Crippen MR) is 100 cm³/mol. The highest BCUT2D eigenvalue weighted by Crippen LogP contribution is 2.67. The largest absolute Gasteiger partial charge is 0.637 e.